The van der Waals surface area contributed by atoms with E-state index >= 15 is 0 Å². The third-order valence-electron chi connectivity index (χ3n) is 7.83. The maximum atomic E-state index is 13.3. The molecule has 11 nitrogen and oxygen atoms in total. The Bertz CT molecular complexity index is 1670. The predicted octanol–water partition coefficient (Wildman–Crippen LogP) is 4.74. The molecule has 0 radical (unpaired) electrons. The number of benzene rings is 3. The van der Waals surface area contributed by atoms with Crippen molar-refractivity contribution in [1.29, 1.82) is 0 Å². The number of hydrogen-bond donors (Lipinski definition) is 4. The summed E-state index contributed by atoms with van der Waals surface area (Å²) in [5.74, 6) is -0.866. The summed E-state index contributed by atoms with van der Waals surface area (Å²) in [5, 5.41) is 22.4. The molecule has 3 aromatic rings. The van der Waals surface area contributed by atoms with Crippen LogP contribution in [0.1, 0.15) is 41.5 Å². The van der Waals surface area contributed by atoms with Gasteiger partial charge in [0.1, 0.15) is 5.70 Å². The molecule has 11 heteroatoms. The number of nitrogens with zero attached hydrogens (tertiary/aromatic N) is 2. The second kappa shape index (κ2) is 11.9. The van der Waals surface area contributed by atoms with Gasteiger partial charge in [0.25, 0.3) is 17.5 Å². The van der Waals surface area contributed by atoms with E-state index in [1.165, 1.54) is 37.0 Å². The molecule has 3 heterocycles. The quantitative estimate of drug-likeness (QED) is 0.131. The van der Waals surface area contributed by atoms with Crippen molar-refractivity contribution in [2.45, 2.75) is 25.7 Å². The number of rotatable bonds is 8. The minimum absolute atomic E-state index is 0.111. The van der Waals surface area contributed by atoms with Crippen LogP contribution in [0.15, 0.2) is 72.4 Å². The largest absolute Gasteiger partial charge is 0.354 e. The standard InChI is InChI=1S/C32H30N6O5/c39-30-27(35-32(41)36-30)18-21-6-10-23(11-7-21)33-29(28-25-19-24(38(42)43)12-13-26(25)34-31(28)40)22-8-4-20(5-9-22)14-17-37-15-2-1-3-16-37/h4-13,18-19,33H,1-3,14-17H2,(H,34,40)(H2,35,36,39,41)/b27-18-,29-28?. The van der Waals surface area contributed by atoms with E-state index in [1.807, 2.05) is 12.1 Å². The van der Waals surface area contributed by atoms with Crippen LogP contribution >= 0.6 is 0 Å². The Morgan fingerprint density at radius 1 is 0.884 bits per heavy atom. The number of imide groups is 1. The van der Waals surface area contributed by atoms with Crippen molar-refractivity contribution in [3.63, 3.8) is 0 Å². The molecule has 2 saturated heterocycles. The number of nitro groups is 1. The van der Waals surface area contributed by atoms with Crippen molar-refractivity contribution in [3.8, 4) is 0 Å². The number of piperidine rings is 1. The Balaban J connectivity index is 1.32. The van der Waals surface area contributed by atoms with E-state index in [2.05, 4.69) is 38.3 Å². The van der Waals surface area contributed by atoms with Gasteiger partial charge < -0.3 is 20.9 Å². The SMILES string of the molecule is O=C1NC(=O)/C(=C/c2ccc(NC(=C3C(=O)Nc4ccc([N+](=O)[O-])cc43)c3ccc(CCN4CCCCC4)cc3)cc2)N1. The van der Waals surface area contributed by atoms with Gasteiger partial charge in [0, 0.05) is 35.6 Å². The predicted molar refractivity (Wildman–Crippen MR) is 164 cm³/mol. The fraction of sp³-hybridized carbons (Fsp3) is 0.219. The Kier molecular flexibility index (Phi) is 7.71. The lowest BCUT2D eigenvalue weighted by Crippen LogP contribution is -2.31. The smallest absolute Gasteiger partial charge is 0.326 e. The van der Waals surface area contributed by atoms with Crippen LogP contribution in [0.4, 0.5) is 21.9 Å². The molecule has 3 aliphatic rings. The number of carbonyl (C=O) groups is 3. The molecule has 0 bridgehead atoms. The molecule has 4 N–H and O–H groups in total. The van der Waals surface area contributed by atoms with E-state index in [9.17, 15) is 24.5 Å². The molecule has 0 saturated carbocycles. The molecule has 0 aromatic heterocycles. The summed E-state index contributed by atoms with van der Waals surface area (Å²) in [6, 6.07) is 18.9. The molecule has 0 spiro atoms. The van der Waals surface area contributed by atoms with Gasteiger partial charge >= 0.3 is 6.03 Å². The van der Waals surface area contributed by atoms with Crippen LogP contribution in [0.5, 0.6) is 0 Å². The second-order valence-electron chi connectivity index (χ2n) is 10.8. The number of anilines is 2. The number of hydrogen-bond acceptors (Lipinski definition) is 7. The highest BCUT2D eigenvalue weighted by Gasteiger charge is 2.30. The van der Waals surface area contributed by atoms with Crippen LogP contribution < -0.4 is 21.3 Å². The second-order valence-corrected chi connectivity index (χ2v) is 10.8. The highest BCUT2D eigenvalue weighted by Crippen LogP contribution is 2.39. The zero-order valence-electron chi connectivity index (χ0n) is 23.3. The molecule has 0 unspecified atom stereocenters. The van der Waals surface area contributed by atoms with Crippen molar-refractivity contribution < 1.29 is 19.3 Å². The summed E-state index contributed by atoms with van der Waals surface area (Å²) >= 11 is 0. The monoisotopic (exact) mass is 578 g/mol. The van der Waals surface area contributed by atoms with Crippen LogP contribution in [0, 0.1) is 10.1 Å². The van der Waals surface area contributed by atoms with Crippen LogP contribution in [0.2, 0.25) is 0 Å². The summed E-state index contributed by atoms with van der Waals surface area (Å²) in [4.78, 5) is 50.2. The van der Waals surface area contributed by atoms with Gasteiger partial charge in [0.05, 0.1) is 16.2 Å². The zero-order chi connectivity index (χ0) is 29.9. The maximum absolute atomic E-state index is 13.3. The molecule has 218 valence electrons. The Hall–Kier alpha value is -5.29. The highest BCUT2D eigenvalue weighted by atomic mass is 16.6. The number of nitro benzene ring substituents is 1. The van der Waals surface area contributed by atoms with Crippen molar-refractivity contribution in [2.24, 2.45) is 0 Å². The maximum Gasteiger partial charge on any atom is 0.326 e. The first-order chi connectivity index (χ1) is 20.8. The summed E-state index contributed by atoms with van der Waals surface area (Å²) in [7, 11) is 0. The van der Waals surface area contributed by atoms with Crippen LogP contribution in [0.25, 0.3) is 17.3 Å². The molecular formula is C32H30N6O5. The third kappa shape index (κ3) is 6.16. The normalized spacial score (nSPS) is 18.6. The van der Waals surface area contributed by atoms with Crippen LogP contribution in [-0.4, -0.2) is 47.3 Å². The number of carbonyl (C=O) groups excluding carboxylic acids is 3. The molecule has 6 rings (SSSR count). The summed E-state index contributed by atoms with van der Waals surface area (Å²) in [5.41, 5.74) is 5.07. The van der Waals surface area contributed by atoms with Gasteiger partial charge in [-0.2, -0.15) is 0 Å². The van der Waals surface area contributed by atoms with Crippen molar-refractivity contribution in [3.05, 3.63) is 105 Å². The molecule has 0 aliphatic carbocycles. The van der Waals surface area contributed by atoms with E-state index in [1.54, 1.807) is 36.4 Å². The minimum Gasteiger partial charge on any atom is -0.354 e. The first-order valence-corrected chi connectivity index (χ1v) is 14.2. The first kappa shape index (κ1) is 27.9. The molecule has 0 atom stereocenters. The molecule has 3 aromatic carbocycles. The number of urea groups is 1. The van der Waals surface area contributed by atoms with E-state index in [0.29, 0.717) is 33.8 Å². The lowest BCUT2D eigenvalue weighted by atomic mass is 9.98. The van der Waals surface area contributed by atoms with E-state index in [-0.39, 0.29) is 17.3 Å². The Morgan fingerprint density at radius 3 is 2.30 bits per heavy atom. The average Bonchev–Trinajstić information content (AvgIpc) is 3.51. The minimum atomic E-state index is -0.571. The fourth-order valence-corrected chi connectivity index (χ4v) is 5.56. The van der Waals surface area contributed by atoms with Gasteiger partial charge in [-0.25, -0.2) is 4.79 Å². The van der Waals surface area contributed by atoms with E-state index in [0.717, 1.165) is 31.6 Å². The molecule has 43 heavy (non-hydrogen) atoms. The van der Waals surface area contributed by atoms with Crippen LogP contribution in [-0.2, 0) is 16.0 Å². The summed E-state index contributed by atoms with van der Waals surface area (Å²) in [6.07, 6.45) is 6.27. The number of amides is 4. The van der Waals surface area contributed by atoms with Crippen LogP contribution in [0.3, 0.4) is 0 Å². The van der Waals surface area contributed by atoms with E-state index < -0.39 is 16.9 Å². The van der Waals surface area contributed by atoms with Gasteiger partial charge in [-0.15, -0.1) is 0 Å². The molecule has 2 fully saturated rings. The summed E-state index contributed by atoms with van der Waals surface area (Å²) in [6.45, 7) is 3.27. The number of non-ortho nitro benzene ring substituents is 1. The first-order valence-electron chi connectivity index (χ1n) is 14.2. The Labute approximate surface area is 247 Å². The van der Waals surface area contributed by atoms with Gasteiger partial charge in [0.15, 0.2) is 0 Å². The zero-order valence-corrected chi connectivity index (χ0v) is 23.3. The van der Waals surface area contributed by atoms with Gasteiger partial charge in [-0.05, 0) is 73.3 Å². The van der Waals surface area contributed by atoms with Gasteiger partial charge in [-0.3, -0.25) is 25.0 Å². The number of fused-ring (bicyclic) bond motifs is 1. The molecule has 3 aliphatic heterocycles. The number of nitrogens with one attached hydrogen (secondary N) is 4. The molecular weight excluding hydrogens is 548 g/mol. The topological polar surface area (TPSA) is 146 Å². The van der Waals surface area contributed by atoms with Gasteiger partial charge in [-0.1, -0.05) is 42.8 Å². The van der Waals surface area contributed by atoms with Crippen molar-refractivity contribution >= 4 is 52.3 Å². The number of likely N-dealkylation sites (tertiary alicyclic amines) is 1. The molecule has 4 amide bonds. The highest BCUT2D eigenvalue weighted by molar-refractivity contribution is 6.37. The van der Waals surface area contributed by atoms with Crippen molar-refractivity contribution in [1.82, 2.24) is 15.5 Å². The lowest BCUT2D eigenvalue weighted by molar-refractivity contribution is -0.384. The lowest BCUT2D eigenvalue weighted by Gasteiger charge is -2.26. The van der Waals surface area contributed by atoms with Crippen molar-refractivity contribution in [2.75, 3.05) is 30.3 Å². The average molecular weight is 579 g/mol. The van der Waals surface area contributed by atoms with Gasteiger partial charge in [0.2, 0.25) is 0 Å². The fourth-order valence-electron chi connectivity index (χ4n) is 5.56. The third-order valence-corrected chi connectivity index (χ3v) is 7.83. The Morgan fingerprint density at radius 2 is 1.63 bits per heavy atom. The van der Waals surface area contributed by atoms with E-state index in [4.69, 9.17) is 0 Å². The summed E-state index contributed by atoms with van der Waals surface area (Å²) < 4.78 is 0.